The number of rotatable bonds is 13. The zero-order valence-electron chi connectivity index (χ0n) is 33.1. The molecule has 0 unspecified atom stereocenters. The van der Waals surface area contributed by atoms with Crippen LogP contribution in [0.1, 0.15) is 77.5 Å². The lowest BCUT2D eigenvalue weighted by atomic mass is 9.85. The molecule has 57 heavy (non-hydrogen) atoms. The van der Waals surface area contributed by atoms with E-state index in [-0.39, 0.29) is 35.1 Å². The van der Waals surface area contributed by atoms with Crippen molar-refractivity contribution >= 4 is 78.3 Å². The number of benzene rings is 2. The predicted molar refractivity (Wildman–Crippen MR) is 229 cm³/mol. The molecule has 0 spiro atoms. The summed E-state index contributed by atoms with van der Waals surface area (Å²) < 4.78 is 39.9. The van der Waals surface area contributed by atoms with Gasteiger partial charge in [0.05, 0.1) is 30.1 Å². The Labute approximate surface area is 351 Å². The number of hydrogen-bond donors (Lipinski definition) is 3. The first-order valence-corrected chi connectivity index (χ1v) is 22.8. The second-order valence-corrected chi connectivity index (χ2v) is 20.9. The van der Waals surface area contributed by atoms with Crippen LogP contribution in [0.3, 0.4) is 0 Å². The van der Waals surface area contributed by atoms with Crippen molar-refractivity contribution in [3.63, 3.8) is 0 Å². The minimum atomic E-state index is -3.85. The summed E-state index contributed by atoms with van der Waals surface area (Å²) in [6, 6.07) is 13.3. The maximum absolute atomic E-state index is 14.8. The van der Waals surface area contributed by atoms with Crippen molar-refractivity contribution in [3.05, 3.63) is 65.2 Å². The van der Waals surface area contributed by atoms with E-state index in [0.717, 1.165) is 27.3 Å². The molecule has 16 heteroatoms. The van der Waals surface area contributed by atoms with Gasteiger partial charge in [0.2, 0.25) is 21.8 Å². The highest BCUT2D eigenvalue weighted by Crippen LogP contribution is 2.45. The first kappa shape index (κ1) is 41.1. The molecular weight excluding hydrogens is 880 g/mol. The highest BCUT2D eigenvalue weighted by molar-refractivity contribution is 14.1. The van der Waals surface area contributed by atoms with E-state index in [9.17, 15) is 22.8 Å². The number of pyridine rings is 1. The number of aryl methyl sites for hydroxylation is 1. The Kier molecular flexibility index (Phi) is 11.3. The lowest BCUT2D eigenvalue weighted by Gasteiger charge is -2.36. The van der Waals surface area contributed by atoms with Crippen molar-refractivity contribution in [1.82, 2.24) is 24.9 Å². The number of likely N-dealkylation sites (tertiary alicyclic amines) is 1. The molecule has 3 fully saturated rings. The van der Waals surface area contributed by atoms with Crippen molar-refractivity contribution in [1.29, 1.82) is 0 Å². The molecule has 3 aliphatic rings. The zero-order chi connectivity index (χ0) is 41.0. The summed E-state index contributed by atoms with van der Waals surface area (Å²) in [6.45, 7) is 12.1. The van der Waals surface area contributed by atoms with Crippen molar-refractivity contribution < 1.29 is 32.3 Å². The lowest BCUT2D eigenvalue weighted by Crippen LogP contribution is -2.58. The molecule has 3 N–H and O–H groups in total. The average Bonchev–Trinajstić information content (AvgIpc) is 4.01. The number of para-hydroxylation sites is 1. The van der Waals surface area contributed by atoms with Crippen LogP contribution < -0.4 is 24.8 Å². The van der Waals surface area contributed by atoms with Gasteiger partial charge in [-0.25, -0.2) is 18.4 Å². The lowest BCUT2D eigenvalue weighted by molar-refractivity contribution is -0.141. The highest BCUT2D eigenvalue weighted by atomic mass is 127. The van der Waals surface area contributed by atoms with Gasteiger partial charge in [0, 0.05) is 38.4 Å². The van der Waals surface area contributed by atoms with Gasteiger partial charge in [-0.1, -0.05) is 75.4 Å². The monoisotopic (exact) mass is 928 g/mol. The van der Waals surface area contributed by atoms with Gasteiger partial charge in [0.15, 0.2) is 0 Å². The molecule has 13 nitrogen and oxygen atoms in total. The Bertz CT molecular complexity index is 2310. The van der Waals surface area contributed by atoms with Crippen LogP contribution in [0.15, 0.2) is 53.9 Å². The van der Waals surface area contributed by atoms with Gasteiger partial charge in [-0.15, -0.1) is 11.3 Å². The van der Waals surface area contributed by atoms with Crippen LogP contribution in [0.4, 0.5) is 5.69 Å². The third-order valence-electron chi connectivity index (χ3n) is 10.9. The quantitative estimate of drug-likeness (QED) is 0.102. The number of anilines is 1. The average molecular weight is 929 g/mol. The summed E-state index contributed by atoms with van der Waals surface area (Å²) in [5.41, 5.74) is 1.84. The number of thiazole rings is 1. The Hall–Kier alpha value is -4.03. The minimum Gasteiger partial charge on any atom is -0.496 e. The number of methoxy groups -OCH3 is 1. The largest absolute Gasteiger partial charge is 0.496 e. The van der Waals surface area contributed by atoms with Gasteiger partial charge in [0.1, 0.15) is 45.9 Å². The summed E-state index contributed by atoms with van der Waals surface area (Å²) in [5.74, 6) is -0.189. The Morgan fingerprint density at radius 1 is 1.05 bits per heavy atom. The number of sulfonamides is 1. The zero-order valence-corrected chi connectivity index (χ0v) is 36.9. The van der Waals surface area contributed by atoms with Crippen LogP contribution in [0.5, 0.6) is 11.5 Å². The summed E-state index contributed by atoms with van der Waals surface area (Å²) in [7, 11) is -2.24. The fourth-order valence-electron chi connectivity index (χ4n) is 7.18. The number of hydrogen-bond acceptors (Lipinski definition) is 11. The topological polar surface area (TPSA) is 169 Å². The summed E-state index contributed by atoms with van der Waals surface area (Å²) in [4.78, 5) is 54.3. The molecule has 3 heterocycles. The molecule has 4 aromatic rings. The Morgan fingerprint density at radius 2 is 1.75 bits per heavy atom. The van der Waals surface area contributed by atoms with Crippen LogP contribution in [-0.2, 0) is 24.4 Å². The van der Waals surface area contributed by atoms with Crippen molar-refractivity contribution in [2.45, 2.75) is 106 Å². The van der Waals surface area contributed by atoms with E-state index in [1.165, 1.54) is 16.2 Å². The van der Waals surface area contributed by atoms with Crippen molar-refractivity contribution in [2.24, 2.45) is 5.41 Å². The molecule has 2 aliphatic carbocycles. The van der Waals surface area contributed by atoms with E-state index in [1.807, 2.05) is 81.6 Å². The van der Waals surface area contributed by atoms with Crippen molar-refractivity contribution in [3.8, 4) is 22.2 Å². The molecule has 2 saturated carbocycles. The van der Waals surface area contributed by atoms with Gasteiger partial charge in [0.25, 0.3) is 5.91 Å². The first-order chi connectivity index (χ1) is 26.9. The maximum atomic E-state index is 14.8. The molecule has 5 atom stereocenters. The number of nitrogens with zero attached hydrogens (tertiary/aromatic N) is 3. The maximum Gasteiger partial charge on any atom is 0.260 e. The SMILES string of the molecule is COc1ccc2c(O[C@@H]3C[C@@H](C(=O)N[C@]4(C(=O)NS(=O)(=O)C5CC5)C[C@H]4I)N(C(=O)[C@@H](Nc4ccccc4)C(C)(C)C)C3)cc(-c3nc(C(C)C)cs3)nc2c1C. The number of alkyl halides is 1. The van der Waals surface area contributed by atoms with Gasteiger partial charge >= 0.3 is 0 Å². The highest BCUT2D eigenvalue weighted by Gasteiger charge is 2.62. The number of nitrogens with one attached hydrogen (secondary N) is 3. The summed E-state index contributed by atoms with van der Waals surface area (Å²) in [5, 5.41) is 9.20. The van der Waals surface area contributed by atoms with Crippen LogP contribution in [0.25, 0.3) is 21.6 Å². The molecular formula is C41H49IN6O7S2. The molecule has 2 aromatic carbocycles. The number of carbonyl (C=O) groups excluding carboxylic acids is 3. The first-order valence-electron chi connectivity index (χ1n) is 19.2. The number of aromatic nitrogens is 2. The van der Waals surface area contributed by atoms with Gasteiger partial charge in [-0.3, -0.25) is 19.1 Å². The second kappa shape index (κ2) is 15.6. The fourth-order valence-corrected chi connectivity index (χ4v) is 10.6. The van der Waals surface area contributed by atoms with Gasteiger partial charge in [-0.2, -0.15) is 0 Å². The molecule has 3 amide bonds. The minimum absolute atomic E-state index is 0.0753. The molecule has 7 rings (SSSR count). The van der Waals surface area contributed by atoms with Crippen LogP contribution in [0.2, 0.25) is 0 Å². The smallest absolute Gasteiger partial charge is 0.260 e. The molecule has 1 aliphatic heterocycles. The van der Waals surface area contributed by atoms with E-state index in [0.29, 0.717) is 35.6 Å². The number of amides is 3. The Balaban J connectivity index is 1.24. The standard InChI is InChI=1S/C41H49IN6O7S2/c1-22(2)29-21-56-37(45-29)28-18-32(27-15-16-31(54-7)23(3)34(27)44-28)55-25-17-30(36(49)46-41(19-33(41)42)39(51)47-57(52,53)26-13-14-26)48(20-25)38(50)35(40(4,5)6)43-24-11-9-8-10-12-24/h8-12,15-16,18,21-22,25-26,30,33,35,43H,13-14,17,19-20H2,1-7H3,(H,46,49)(H,47,51)/t25-,30+,33-,35-,41-/m1/s1. The third kappa shape index (κ3) is 8.44. The van der Waals surface area contributed by atoms with Crippen molar-refractivity contribution in [2.75, 3.05) is 19.0 Å². The van der Waals surface area contributed by atoms with E-state index in [1.54, 1.807) is 7.11 Å². The van der Waals surface area contributed by atoms with Gasteiger partial charge < -0.3 is 25.0 Å². The molecule has 0 bridgehead atoms. The predicted octanol–water partition coefficient (Wildman–Crippen LogP) is 6.34. The molecule has 304 valence electrons. The second-order valence-electron chi connectivity index (χ2n) is 16.6. The molecule has 0 radical (unpaired) electrons. The molecule has 1 saturated heterocycles. The number of ether oxygens (including phenoxy) is 2. The summed E-state index contributed by atoms with van der Waals surface area (Å²) in [6.07, 6.45) is 0.724. The van der Waals surface area contributed by atoms with E-state index in [4.69, 9.17) is 19.4 Å². The van der Waals surface area contributed by atoms with E-state index in [2.05, 4.69) is 51.8 Å². The van der Waals surface area contributed by atoms with E-state index < -0.39 is 56.2 Å². The fraction of sp³-hybridized carbons (Fsp3) is 0.488. The Morgan fingerprint density at radius 3 is 2.35 bits per heavy atom. The van der Waals surface area contributed by atoms with Crippen LogP contribution in [-0.4, -0.2) is 87.6 Å². The number of halogens is 1. The summed E-state index contributed by atoms with van der Waals surface area (Å²) >= 11 is 3.56. The third-order valence-corrected chi connectivity index (χ3v) is 15.1. The van der Waals surface area contributed by atoms with Crippen LogP contribution >= 0.6 is 33.9 Å². The normalized spacial score (nSPS) is 22.6. The number of fused-ring (bicyclic) bond motifs is 1. The van der Waals surface area contributed by atoms with Gasteiger partial charge in [-0.05, 0) is 61.8 Å². The molecule has 2 aromatic heterocycles. The van der Waals surface area contributed by atoms with Crippen LogP contribution in [0, 0.1) is 12.3 Å². The number of carbonyl (C=O) groups is 3. The van der Waals surface area contributed by atoms with E-state index >= 15 is 0 Å².